The fourth-order valence-corrected chi connectivity index (χ4v) is 2.42. The second kappa shape index (κ2) is 6.83. The van der Waals surface area contributed by atoms with E-state index in [9.17, 15) is 0 Å². The molecule has 0 unspecified atom stereocenters. The lowest BCUT2D eigenvalue weighted by Gasteiger charge is -2.08. The Balaban J connectivity index is 1.49. The third-order valence-corrected chi connectivity index (χ3v) is 3.65. The van der Waals surface area contributed by atoms with Crippen LogP contribution in [-0.2, 0) is 6.61 Å². The van der Waals surface area contributed by atoms with Gasteiger partial charge < -0.3 is 19.3 Å². The maximum absolute atomic E-state index is 6.02. The van der Waals surface area contributed by atoms with E-state index in [0.29, 0.717) is 35.1 Å². The zero-order valence-corrected chi connectivity index (χ0v) is 12.3. The number of aromatic nitrogens is 1. The number of para-hydroxylation sites is 1. The minimum atomic E-state index is 0.266. The number of nitrogens with one attached hydrogen (secondary N) is 1. The molecule has 1 saturated heterocycles. The second-order valence-corrected chi connectivity index (χ2v) is 5.36. The highest BCUT2D eigenvalue weighted by molar-refractivity contribution is 6.32. The Kier molecular flexibility index (Phi) is 4.62. The van der Waals surface area contributed by atoms with E-state index in [4.69, 9.17) is 25.6 Å². The SMILES string of the molecule is Clc1ccccc1OCc1cc(OC[C@@H]2CCCN2)no1. The van der Waals surface area contributed by atoms with Crippen LogP contribution in [0, 0.1) is 0 Å². The lowest BCUT2D eigenvalue weighted by molar-refractivity contribution is 0.230. The summed E-state index contributed by atoms with van der Waals surface area (Å²) in [6.45, 7) is 1.93. The van der Waals surface area contributed by atoms with Gasteiger partial charge in [-0.2, -0.15) is 0 Å². The third-order valence-electron chi connectivity index (χ3n) is 3.34. The second-order valence-electron chi connectivity index (χ2n) is 4.95. The number of benzene rings is 1. The molecule has 112 valence electrons. The first-order valence-electron chi connectivity index (χ1n) is 7.00. The standard InChI is InChI=1S/C15H17ClN2O3/c16-13-5-1-2-6-14(13)19-10-12-8-15(18-21-12)20-9-11-4-3-7-17-11/h1-2,5-6,8,11,17H,3-4,7,9-10H2/t11-/m0/s1. The van der Waals surface area contributed by atoms with Gasteiger partial charge in [-0.3, -0.25) is 0 Å². The highest BCUT2D eigenvalue weighted by atomic mass is 35.5. The van der Waals surface area contributed by atoms with Crippen molar-refractivity contribution in [3.63, 3.8) is 0 Å². The van der Waals surface area contributed by atoms with Crippen molar-refractivity contribution in [2.45, 2.75) is 25.5 Å². The van der Waals surface area contributed by atoms with Gasteiger partial charge in [0.05, 0.1) is 5.02 Å². The van der Waals surface area contributed by atoms with Crippen molar-refractivity contribution in [3.8, 4) is 11.6 Å². The molecule has 1 N–H and O–H groups in total. The molecule has 1 atom stereocenters. The van der Waals surface area contributed by atoms with Crippen molar-refractivity contribution in [3.05, 3.63) is 41.1 Å². The van der Waals surface area contributed by atoms with Crippen molar-refractivity contribution in [2.24, 2.45) is 0 Å². The molecular weight excluding hydrogens is 292 g/mol. The van der Waals surface area contributed by atoms with E-state index in [1.54, 1.807) is 12.1 Å². The molecule has 0 bridgehead atoms. The van der Waals surface area contributed by atoms with Gasteiger partial charge in [-0.15, -0.1) is 0 Å². The van der Waals surface area contributed by atoms with Gasteiger partial charge in [0.25, 0.3) is 5.88 Å². The summed E-state index contributed by atoms with van der Waals surface area (Å²) < 4.78 is 16.4. The quantitative estimate of drug-likeness (QED) is 0.889. The molecule has 1 aliphatic heterocycles. The highest BCUT2D eigenvalue weighted by Crippen LogP contribution is 2.24. The zero-order chi connectivity index (χ0) is 14.5. The Morgan fingerprint density at radius 2 is 2.24 bits per heavy atom. The molecule has 2 aromatic rings. The van der Waals surface area contributed by atoms with Gasteiger partial charge in [0.15, 0.2) is 5.76 Å². The van der Waals surface area contributed by atoms with Crippen LogP contribution in [0.4, 0.5) is 0 Å². The first kappa shape index (κ1) is 14.2. The maximum Gasteiger partial charge on any atom is 0.254 e. The first-order valence-corrected chi connectivity index (χ1v) is 7.38. The van der Waals surface area contributed by atoms with Crippen LogP contribution in [0.15, 0.2) is 34.9 Å². The van der Waals surface area contributed by atoms with E-state index in [1.165, 1.54) is 6.42 Å². The average molecular weight is 309 g/mol. The van der Waals surface area contributed by atoms with E-state index >= 15 is 0 Å². The molecule has 1 aliphatic rings. The fraction of sp³-hybridized carbons (Fsp3) is 0.400. The van der Waals surface area contributed by atoms with Crippen LogP contribution < -0.4 is 14.8 Å². The Labute approximate surface area is 128 Å². The zero-order valence-electron chi connectivity index (χ0n) is 11.5. The van der Waals surface area contributed by atoms with Crippen LogP contribution in [0.25, 0.3) is 0 Å². The molecule has 0 radical (unpaired) electrons. The maximum atomic E-state index is 6.02. The van der Waals surface area contributed by atoms with Crippen LogP contribution >= 0.6 is 11.6 Å². The van der Waals surface area contributed by atoms with E-state index in [2.05, 4.69) is 10.5 Å². The molecular formula is C15H17ClN2O3. The van der Waals surface area contributed by atoms with Gasteiger partial charge in [0.1, 0.15) is 19.0 Å². The Morgan fingerprint density at radius 1 is 1.33 bits per heavy atom. The fourth-order valence-electron chi connectivity index (χ4n) is 2.23. The van der Waals surface area contributed by atoms with Crippen molar-refractivity contribution in [2.75, 3.05) is 13.2 Å². The largest absolute Gasteiger partial charge is 0.484 e. The molecule has 1 aromatic heterocycles. The van der Waals surface area contributed by atoms with Crippen molar-refractivity contribution in [1.29, 1.82) is 0 Å². The molecule has 1 fully saturated rings. The summed E-state index contributed by atoms with van der Waals surface area (Å²) in [5.74, 6) is 1.71. The topological polar surface area (TPSA) is 56.5 Å². The monoisotopic (exact) mass is 308 g/mol. The van der Waals surface area contributed by atoms with Crippen LogP contribution in [0.5, 0.6) is 11.6 Å². The molecule has 1 aromatic carbocycles. The summed E-state index contributed by atoms with van der Waals surface area (Å²) in [5, 5.41) is 7.81. The number of hydrogen-bond donors (Lipinski definition) is 1. The van der Waals surface area contributed by atoms with Crippen LogP contribution in [0.1, 0.15) is 18.6 Å². The Bertz CT molecular complexity index is 582. The van der Waals surface area contributed by atoms with Crippen LogP contribution in [0.2, 0.25) is 5.02 Å². The minimum absolute atomic E-state index is 0.266. The molecule has 0 aliphatic carbocycles. The number of nitrogens with zero attached hydrogens (tertiary/aromatic N) is 1. The van der Waals surface area contributed by atoms with Crippen molar-refractivity contribution in [1.82, 2.24) is 10.5 Å². The summed E-state index contributed by atoms with van der Waals surface area (Å²) in [4.78, 5) is 0. The van der Waals surface area contributed by atoms with E-state index in [0.717, 1.165) is 13.0 Å². The lowest BCUT2D eigenvalue weighted by atomic mass is 10.2. The molecule has 6 heteroatoms. The molecule has 0 spiro atoms. The molecule has 21 heavy (non-hydrogen) atoms. The smallest absolute Gasteiger partial charge is 0.254 e. The van der Waals surface area contributed by atoms with Gasteiger partial charge in [-0.05, 0) is 36.7 Å². The first-order chi connectivity index (χ1) is 10.3. The van der Waals surface area contributed by atoms with Crippen LogP contribution in [0.3, 0.4) is 0 Å². The van der Waals surface area contributed by atoms with Gasteiger partial charge in [-0.25, -0.2) is 0 Å². The van der Waals surface area contributed by atoms with Gasteiger partial charge in [0, 0.05) is 12.1 Å². The minimum Gasteiger partial charge on any atom is -0.484 e. The number of halogens is 1. The lowest BCUT2D eigenvalue weighted by Crippen LogP contribution is -2.28. The van der Waals surface area contributed by atoms with E-state index in [1.807, 2.05) is 18.2 Å². The number of hydrogen-bond acceptors (Lipinski definition) is 5. The predicted octanol–water partition coefficient (Wildman–Crippen LogP) is 3.04. The van der Waals surface area contributed by atoms with Crippen molar-refractivity contribution < 1.29 is 14.0 Å². The Hall–Kier alpha value is -1.72. The third kappa shape index (κ3) is 3.89. The summed E-state index contributed by atoms with van der Waals surface area (Å²) in [7, 11) is 0. The van der Waals surface area contributed by atoms with Crippen LogP contribution in [-0.4, -0.2) is 24.4 Å². The average Bonchev–Trinajstić information content (AvgIpc) is 3.16. The van der Waals surface area contributed by atoms with Gasteiger partial charge in [-0.1, -0.05) is 23.7 Å². The predicted molar refractivity (Wildman–Crippen MR) is 78.8 cm³/mol. The molecule has 2 heterocycles. The molecule has 3 rings (SSSR count). The summed E-state index contributed by atoms with van der Waals surface area (Å²) >= 11 is 6.02. The number of rotatable bonds is 6. The van der Waals surface area contributed by atoms with Gasteiger partial charge in [0.2, 0.25) is 0 Å². The molecule has 0 saturated carbocycles. The van der Waals surface area contributed by atoms with E-state index in [-0.39, 0.29) is 6.61 Å². The molecule has 5 nitrogen and oxygen atoms in total. The highest BCUT2D eigenvalue weighted by Gasteiger charge is 2.15. The molecule has 0 amide bonds. The summed E-state index contributed by atoms with van der Waals surface area (Å²) in [6.07, 6.45) is 2.34. The van der Waals surface area contributed by atoms with Gasteiger partial charge >= 0.3 is 0 Å². The van der Waals surface area contributed by atoms with Crippen molar-refractivity contribution >= 4 is 11.6 Å². The Morgan fingerprint density at radius 3 is 3.05 bits per heavy atom. The summed E-state index contributed by atoms with van der Waals surface area (Å²) in [5.41, 5.74) is 0. The summed E-state index contributed by atoms with van der Waals surface area (Å²) in [6, 6.07) is 9.45. The number of ether oxygens (including phenoxy) is 2. The van der Waals surface area contributed by atoms with E-state index < -0.39 is 0 Å². The normalized spacial score (nSPS) is 17.9.